The molecule has 2 N–H and O–H groups in total. The average molecular weight is 469 g/mol. The largest absolute Gasteiger partial charge is 0.384 e. The number of benzene rings is 1. The van der Waals surface area contributed by atoms with E-state index in [1.165, 1.54) is 31.3 Å². The fourth-order valence-electron chi connectivity index (χ4n) is 3.12. The average Bonchev–Trinajstić information content (AvgIpc) is 2.71. The van der Waals surface area contributed by atoms with Crippen LogP contribution in [0.1, 0.15) is 37.2 Å². The predicted molar refractivity (Wildman–Crippen MR) is 114 cm³/mol. The minimum Gasteiger partial charge on any atom is -0.384 e. The Morgan fingerprint density at radius 3 is 2.53 bits per heavy atom. The lowest BCUT2D eigenvalue weighted by atomic mass is 9.88. The van der Waals surface area contributed by atoms with Crippen LogP contribution in [0.2, 0.25) is 0 Å². The van der Waals surface area contributed by atoms with Crippen molar-refractivity contribution in [1.82, 2.24) is 15.0 Å². The van der Waals surface area contributed by atoms with Gasteiger partial charge >= 0.3 is 5.92 Å². The van der Waals surface area contributed by atoms with Crippen LogP contribution in [-0.4, -0.2) is 40.3 Å². The smallest absolute Gasteiger partial charge is 0.303 e. The summed E-state index contributed by atoms with van der Waals surface area (Å²) in [6.07, 6.45) is 2.03. The second kappa shape index (κ2) is 8.28. The molecule has 2 heterocycles. The molecule has 0 saturated heterocycles. The van der Waals surface area contributed by atoms with Gasteiger partial charge < -0.3 is 10.4 Å². The van der Waals surface area contributed by atoms with Gasteiger partial charge in [0.05, 0.1) is 17.3 Å². The van der Waals surface area contributed by atoms with Crippen LogP contribution in [0.3, 0.4) is 0 Å². The highest BCUT2D eigenvalue weighted by Gasteiger charge is 2.50. The van der Waals surface area contributed by atoms with E-state index in [-0.39, 0.29) is 29.4 Å². The topological polar surface area (TPSA) is 105 Å². The highest BCUT2D eigenvalue weighted by atomic mass is 32.2. The zero-order valence-electron chi connectivity index (χ0n) is 17.9. The summed E-state index contributed by atoms with van der Waals surface area (Å²) in [6.45, 7) is 3.75. The molecule has 11 heteroatoms. The number of anilines is 1. The van der Waals surface area contributed by atoms with E-state index in [1.54, 1.807) is 6.92 Å². The van der Waals surface area contributed by atoms with Gasteiger partial charge in [-0.1, -0.05) is 19.1 Å². The molecule has 0 spiro atoms. The van der Waals surface area contributed by atoms with Gasteiger partial charge in [-0.25, -0.2) is 27.8 Å². The summed E-state index contributed by atoms with van der Waals surface area (Å²) >= 11 is 0. The second-order valence-corrected chi connectivity index (χ2v) is 9.73. The maximum absolute atomic E-state index is 15.0. The summed E-state index contributed by atoms with van der Waals surface area (Å²) < 4.78 is 68.2. The van der Waals surface area contributed by atoms with Crippen molar-refractivity contribution >= 4 is 26.6 Å². The first kappa shape index (κ1) is 23.9. The van der Waals surface area contributed by atoms with Crippen LogP contribution in [0.4, 0.5) is 19.0 Å². The Labute approximate surface area is 183 Å². The Balaban J connectivity index is 2.00. The minimum atomic E-state index is -3.81. The number of hydrogen-bond acceptors (Lipinski definition) is 7. The molecule has 1 aromatic carbocycles. The maximum Gasteiger partial charge on any atom is 0.303 e. The highest BCUT2D eigenvalue weighted by Crippen LogP contribution is 2.42. The van der Waals surface area contributed by atoms with Crippen molar-refractivity contribution in [2.75, 3.05) is 11.6 Å². The fourth-order valence-corrected chi connectivity index (χ4v) is 3.69. The third-order valence-corrected chi connectivity index (χ3v) is 6.26. The highest BCUT2D eigenvalue weighted by molar-refractivity contribution is 7.90. The van der Waals surface area contributed by atoms with Gasteiger partial charge in [0.1, 0.15) is 23.1 Å². The third kappa shape index (κ3) is 4.40. The minimum absolute atomic E-state index is 0.0733. The van der Waals surface area contributed by atoms with Crippen molar-refractivity contribution < 1.29 is 26.7 Å². The van der Waals surface area contributed by atoms with E-state index in [0.29, 0.717) is 16.7 Å². The number of rotatable bonds is 7. The summed E-state index contributed by atoms with van der Waals surface area (Å²) in [6, 6.07) is 4.86. The van der Waals surface area contributed by atoms with Gasteiger partial charge in [0.2, 0.25) is 0 Å². The van der Waals surface area contributed by atoms with E-state index >= 15 is 0 Å². The van der Waals surface area contributed by atoms with E-state index in [4.69, 9.17) is 0 Å². The molecule has 0 saturated carbocycles. The molecule has 0 aliphatic heterocycles. The lowest BCUT2D eigenvalue weighted by molar-refractivity contribution is -0.181. The number of hydrogen-bond donors (Lipinski definition) is 2. The molecule has 172 valence electrons. The standard InChI is InChI=1S/C21H23F3N4O3S/c1-5-20(3,29)21(23,24)15-8-6-7-13(18(15)22)10-26-19-14-9-17(32(4,30)31)25-11-16(14)27-12(2)28-19/h6-9,11,29H,5,10H2,1-4H3,(H,26,27,28). The summed E-state index contributed by atoms with van der Waals surface area (Å²) in [4.78, 5) is 12.3. The van der Waals surface area contributed by atoms with E-state index < -0.39 is 32.7 Å². The molecule has 3 rings (SSSR count). The summed E-state index contributed by atoms with van der Waals surface area (Å²) in [5.41, 5.74) is -3.03. The molecule has 0 radical (unpaired) electrons. The predicted octanol–water partition coefficient (Wildman–Crippen LogP) is 3.74. The number of aromatic nitrogens is 3. The molecule has 0 aliphatic rings. The summed E-state index contributed by atoms with van der Waals surface area (Å²) in [5.74, 6) is -4.39. The molecule has 1 atom stereocenters. The Morgan fingerprint density at radius 2 is 1.91 bits per heavy atom. The lowest BCUT2D eigenvalue weighted by Crippen LogP contribution is -2.43. The number of nitrogens with one attached hydrogen (secondary N) is 1. The van der Waals surface area contributed by atoms with Crippen LogP contribution < -0.4 is 5.32 Å². The SMILES string of the molecule is CCC(C)(O)C(F)(F)c1cccc(CNc2nc(C)nc3cnc(S(C)(=O)=O)cc23)c1F. The zero-order valence-corrected chi connectivity index (χ0v) is 18.8. The number of aliphatic hydroxyl groups is 1. The first-order chi connectivity index (χ1) is 14.8. The van der Waals surface area contributed by atoms with E-state index in [9.17, 15) is 26.7 Å². The number of pyridine rings is 1. The molecular weight excluding hydrogens is 445 g/mol. The third-order valence-electron chi connectivity index (χ3n) is 5.28. The van der Waals surface area contributed by atoms with Gasteiger partial charge in [0, 0.05) is 23.8 Å². The molecule has 1 unspecified atom stereocenters. The van der Waals surface area contributed by atoms with Crippen molar-refractivity contribution in [3.63, 3.8) is 0 Å². The summed E-state index contributed by atoms with van der Waals surface area (Å²) in [7, 11) is -3.60. The number of aryl methyl sites for hydroxylation is 1. The lowest BCUT2D eigenvalue weighted by Gasteiger charge is -2.32. The van der Waals surface area contributed by atoms with Crippen molar-refractivity contribution in [3.8, 4) is 0 Å². The molecule has 3 aromatic rings. The second-order valence-electron chi connectivity index (χ2n) is 7.77. The van der Waals surface area contributed by atoms with Gasteiger partial charge in [-0.3, -0.25) is 0 Å². The Bertz CT molecular complexity index is 1280. The van der Waals surface area contributed by atoms with Crippen LogP contribution in [-0.2, 0) is 22.3 Å². The molecule has 0 bridgehead atoms. The van der Waals surface area contributed by atoms with Gasteiger partial charge in [-0.05, 0) is 32.4 Å². The van der Waals surface area contributed by atoms with Gasteiger partial charge in [0.25, 0.3) is 0 Å². The van der Waals surface area contributed by atoms with E-state index in [0.717, 1.165) is 19.2 Å². The van der Waals surface area contributed by atoms with E-state index in [1.807, 2.05) is 0 Å². The van der Waals surface area contributed by atoms with Crippen molar-refractivity contribution in [2.45, 2.75) is 50.3 Å². The monoisotopic (exact) mass is 468 g/mol. The Hall–Kier alpha value is -2.79. The van der Waals surface area contributed by atoms with Gasteiger partial charge in [-0.2, -0.15) is 8.78 Å². The van der Waals surface area contributed by atoms with Crippen LogP contribution in [0.25, 0.3) is 10.9 Å². The maximum atomic E-state index is 15.0. The summed E-state index contributed by atoms with van der Waals surface area (Å²) in [5, 5.41) is 13.1. The zero-order chi connectivity index (χ0) is 23.9. The van der Waals surface area contributed by atoms with E-state index in [2.05, 4.69) is 20.3 Å². The Morgan fingerprint density at radius 1 is 1.22 bits per heavy atom. The fraction of sp³-hybridized carbons (Fsp3) is 0.381. The molecule has 2 aromatic heterocycles. The number of alkyl halides is 2. The first-order valence-electron chi connectivity index (χ1n) is 9.74. The molecule has 0 aliphatic carbocycles. The van der Waals surface area contributed by atoms with Crippen molar-refractivity contribution in [2.24, 2.45) is 0 Å². The van der Waals surface area contributed by atoms with Crippen LogP contribution in [0.5, 0.6) is 0 Å². The molecule has 0 amide bonds. The normalized spacial score (nSPS) is 14.4. The molecule has 0 fully saturated rings. The first-order valence-corrected chi connectivity index (χ1v) is 11.6. The van der Waals surface area contributed by atoms with Crippen molar-refractivity contribution in [1.29, 1.82) is 0 Å². The van der Waals surface area contributed by atoms with Crippen LogP contribution in [0.15, 0.2) is 35.5 Å². The quantitative estimate of drug-likeness (QED) is 0.544. The molecule has 7 nitrogen and oxygen atoms in total. The van der Waals surface area contributed by atoms with Crippen molar-refractivity contribution in [3.05, 3.63) is 53.2 Å². The number of fused-ring (bicyclic) bond motifs is 1. The number of nitrogens with zero attached hydrogens (tertiary/aromatic N) is 3. The molecule has 32 heavy (non-hydrogen) atoms. The molecular formula is C21H23F3N4O3S. The van der Waals surface area contributed by atoms with Gasteiger partial charge in [-0.15, -0.1) is 0 Å². The number of sulfone groups is 1. The Kier molecular flexibility index (Phi) is 6.18. The van der Waals surface area contributed by atoms with Crippen LogP contribution in [0, 0.1) is 12.7 Å². The van der Waals surface area contributed by atoms with Crippen LogP contribution >= 0.6 is 0 Å². The number of halogens is 3. The van der Waals surface area contributed by atoms with Gasteiger partial charge in [0.15, 0.2) is 14.9 Å².